The predicted molar refractivity (Wildman–Crippen MR) is 132 cm³/mol. The molecule has 3 unspecified atom stereocenters. The third-order valence-corrected chi connectivity index (χ3v) is 13.0. The molecular formula is C24H54O7SiTi. The molecule has 33 heavy (non-hydrogen) atoms. The van der Waals surface area contributed by atoms with E-state index in [0.717, 1.165) is 19.3 Å². The van der Waals surface area contributed by atoms with Gasteiger partial charge in [0.25, 0.3) is 0 Å². The normalized spacial score (nSPS) is 18.6. The zero-order chi connectivity index (χ0) is 26.3. The van der Waals surface area contributed by atoms with Crippen molar-refractivity contribution >= 4 is 9.05 Å². The summed E-state index contributed by atoms with van der Waals surface area (Å²) < 4.78 is 46.2. The van der Waals surface area contributed by atoms with Crippen molar-refractivity contribution in [3.8, 4) is 0 Å². The van der Waals surface area contributed by atoms with Crippen molar-refractivity contribution in [1.29, 1.82) is 0 Å². The molecule has 0 N–H and O–H groups in total. The van der Waals surface area contributed by atoms with E-state index in [0.29, 0.717) is 0 Å². The molecule has 0 radical (unpaired) electrons. The van der Waals surface area contributed by atoms with Gasteiger partial charge in [-0.2, -0.15) is 0 Å². The first-order valence-corrected chi connectivity index (χ1v) is 16.7. The van der Waals surface area contributed by atoms with Gasteiger partial charge in [-0.3, -0.25) is 0 Å². The van der Waals surface area contributed by atoms with E-state index < -0.39 is 44.0 Å². The van der Waals surface area contributed by atoms with Crippen LogP contribution >= 0.6 is 0 Å². The Morgan fingerprint density at radius 3 is 0.970 bits per heavy atom. The van der Waals surface area contributed by atoms with Gasteiger partial charge in [0, 0.05) is 0 Å². The molecular weight excluding hydrogens is 476 g/mol. The van der Waals surface area contributed by atoms with Gasteiger partial charge in [0.15, 0.2) is 0 Å². The minimum absolute atomic E-state index is 0.122. The van der Waals surface area contributed by atoms with Crippen LogP contribution in [0.25, 0.3) is 0 Å². The van der Waals surface area contributed by atoms with Crippen LogP contribution in [0.2, 0.25) is 0 Å². The summed E-state index contributed by atoms with van der Waals surface area (Å²) in [6.45, 7) is 29.9. The molecule has 0 aliphatic heterocycles. The third-order valence-electron chi connectivity index (χ3n) is 4.30. The summed E-state index contributed by atoms with van der Waals surface area (Å²) in [4.78, 5) is 0. The fourth-order valence-corrected chi connectivity index (χ4v) is 11.5. The molecule has 200 valence electrons. The second-order valence-corrected chi connectivity index (χ2v) is 17.2. The summed E-state index contributed by atoms with van der Waals surface area (Å²) in [6.07, 6.45) is 2.01. The first-order valence-electron chi connectivity index (χ1n) is 12.5. The maximum atomic E-state index is 6.86. The Morgan fingerprint density at radius 2 is 0.788 bits per heavy atom. The Morgan fingerprint density at radius 1 is 0.545 bits per heavy atom. The Bertz CT molecular complexity index is 482. The molecule has 0 amide bonds. The van der Waals surface area contributed by atoms with Crippen LogP contribution in [0.15, 0.2) is 0 Å². The van der Waals surface area contributed by atoms with Gasteiger partial charge in [-0.05, 0) is 0 Å². The average molecular weight is 531 g/mol. The van der Waals surface area contributed by atoms with Crippen molar-refractivity contribution < 1.29 is 44.4 Å². The monoisotopic (exact) mass is 530 g/mol. The average Bonchev–Trinajstić information content (AvgIpc) is 2.55. The topological polar surface area (TPSA) is 64.6 Å². The molecule has 3 atom stereocenters. The Kier molecular flexibility index (Phi) is 13.5. The van der Waals surface area contributed by atoms with Crippen LogP contribution < -0.4 is 0 Å². The van der Waals surface area contributed by atoms with E-state index in [1.54, 1.807) is 0 Å². The van der Waals surface area contributed by atoms with Crippen molar-refractivity contribution in [2.45, 2.75) is 158 Å². The molecule has 0 aliphatic carbocycles. The van der Waals surface area contributed by atoms with Crippen molar-refractivity contribution in [2.75, 3.05) is 0 Å². The SMILES string of the molecule is CCC(C)[O][Ti]([O]C(C)CC)([O]C(C)CC)[O][Si](OC(C)(C)C)(OC(C)(C)C)OC(C)(C)C. The standard InChI is InChI=1S/C12H27O4Si.3C4H9O.Ti/c1-10(2,3)14-17(13,15-11(4,5)6)16-12(7,8)9;3*1-3-4(2)5;/h1-9H3;3*4H,3H2,1-2H3;/q4*-1;+4. The Hall–Kier alpha value is 0.651. The molecule has 0 aromatic carbocycles. The van der Waals surface area contributed by atoms with Gasteiger partial charge >= 0.3 is 212 Å². The summed E-state index contributed by atoms with van der Waals surface area (Å²) in [6, 6.07) is 0. The van der Waals surface area contributed by atoms with Crippen LogP contribution in [-0.4, -0.2) is 44.2 Å². The van der Waals surface area contributed by atoms with Gasteiger partial charge in [-0.1, -0.05) is 0 Å². The molecule has 0 spiro atoms. The van der Waals surface area contributed by atoms with Crippen LogP contribution in [0.4, 0.5) is 0 Å². The van der Waals surface area contributed by atoms with Crippen molar-refractivity contribution in [3.63, 3.8) is 0 Å². The van der Waals surface area contributed by atoms with Crippen molar-refractivity contribution in [2.24, 2.45) is 0 Å². The van der Waals surface area contributed by atoms with Crippen LogP contribution in [0.5, 0.6) is 0 Å². The summed E-state index contributed by atoms with van der Waals surface area (Å²) in [5, 5.41) is 0. The predicted octanol–water partition coefficient (Wildman–Crippen LogP) is 7.14. The van der Waals surface area contributed by atoms with Crippen molar-refractivity contribution in [1.82, 2.24) is 0 Å². The minimum atomic E-state index is -4.48. The van der Waals surface area contributed by atoms with E-state index in [4.69, 9.17) is 26.2 Å². The second kappa shape index (κ2) is 13.3. The first kappa shape index (κ1) is 33.7. The molecule has 0 aromatic rings. The number of rotatable bonds is 14. The fraction of sp³-hybridized carbons (Fsp3) is 1.00. The van der Waals surface area contributed by atoms with E-state index in [1.165, 1.54) is 0 Å². The first-order chi connectivity index (χ1) is 14.7. The number of hydrogen-bond acceptors (Lipinski definition) is 7. The van der Waals surface area contributed by atoms with E-state index in [2.05, 4.69) is 20.8 Å². The van der Waals surface area contributed by atoms with Gasteiger partial charge in [0.2, 0.25) is 0 Å². The fourth-order valence-electron chi connectivity index (χ4n) is 2.55. The van der Waals surface area contributed by atoms with E-state index in [1.807, 2.05) is 83.1 Å². The maximum absolute atomic E-state index is 6.86. The van der Waals surface area contributed by atoms with Crippen LogP contribution in [0, 0.1) is 0 Å². The van der Waals surface area contributed by atoms with E-state index in [9.17, 15) is 0 Å². The quantitative estimate of drug-likeness (QED) is 0.221. The summed E-state index contributed by atoms with van der Waals surface area (Å²) in [5.41, 5.74) is -1.79. The van der Waals surface area contributed by atoms with Crippen molar-refractivity contribution in [3.05, 3.63) is 0 Å². The van der Waals surface area contributed by atoms with Gasteiger partial charge in [0.1, 0.15) is 0 Å². The van der Waals surface area contributed by atoms with Crippen LogP contribution in [-0.2, 0) is 44.4 Å². The molecule has 0 saturated heterocycles. The van der Waals surface area contributed by atoms with Gasteiger partial charge in [-0.25, -0.2) is 0 Å². The summed E-state index contributed by atoms with van der Waals surface area (Å²) in [5.74, 6) is 0. The van der Waals surface area contributed by atoms with E-state index in [-0.39, 0.29) is 18.3 Å². The second-order valence-electron chi connectivity index (χ2n) is 11.8. The molecule has 0 heterocycles. The summed E-state index contributed by atoms with van der Waals surface area (Å²) >= 11 is -4.48. The number of hydrogen-bond donors (Lipinski definition) is 0. The molecule has 0 aromatic heterocycles. The molecule has 0 bridgehead atoms. The molecule has 7 nitrogen and oxygen atoms in total. The zero-order valence-corrected chi connectivity index (χ0v) is 26.8. The summed E-state index contributed by atoms with van der Waals surface area (Å²) in [7, 11) is -3.87. The molecule has 9 heteroatoms. The third kappa shape index (κ3) is 14.7. The van der Waals surface area contributed by atoms with Crippen LogP contribution in [0.1, 0.15) is 123 Å². The van der Waals surface area contributed by atoms with Gasteiger partial charge in [-0.15, -0.1) is 0 Å². The van der Waals surface area contributed by atoms with Gasteiger partial charge < -0.3 is 0 Å². The van der Waals surface area contributed by atoms with Gasteiger partial charge in [0.05, 0.1) is 0 Å². The molecule has 0 rings (SSSR count). The molecule has 0 aliphatic rings. The Labute approximate surface area is 211 Å². The Balaban J connectivity index is 6.85. The molecule has 0 fully saturated rings. The zero-order valence-electron chi connectivity index (χ0n) is 24.2. The van der Waals surface area contributed by atoms with E-state index >= 15 is 0 Å². The molecule has 0 saturated carbocycles. The van der Waals surface area contributed by atoms with Crippen LogP contribution in [0.3, 0.4) is 0 Å².